The molecule has 0 amide bonds. The van der Waals surface area contributed by atoms with E-state index in [1.165, 1.54) is 18.4 Å². The Kier molecular flexibility index (Phi) is 4.67. The second-order valence-electron chi connectivity index (χ2n) is 6.11. The normalized spacial score (nSPS) is 10.9. The van der Waals surface area contributed by atoms with Crippen LogP contribution in [-0.2, 0) is 6.42 Å². The number of carboxylic acid groups (broad SMARTS) is 1. The van der Waals surface area contributed by atoms with Crippen molar-refractivity contribution in [2.24, 2.45) is 0 Å². The minimum atomic E-state index is -1.08. The Hall–Kier alpha value is -3.45. The summed E-state index contributed by atoms with van der Waals surface area (Å²) >= 11 is 1.27. The maximum Gasteiger partial charge on any atom is 0.337 e. The van der Waals surface area contributed by atoms with E-state index in [4.69, 9.17) is 9.15 Å². The Balaban J connectivity index is 1.66. The molecule has 4 rings (SSSR count). The van der Waals surface area contributed by atoms with E-state index in [9.17, 15) is 14.7 Å². The number of aromatic nitrogens is 1. The molecule has 3 aromatic heterocycles. The Labute approximate surface area is 164 Å². The quantitative estimate of drug-likeness (QED) is 0.478. The molecule has 6 nitrogen and oxygen atoms in total. The van der Waals surface area contributed by atoms with Gasteiger partial charge in [-0.05, 0) is 29.1 Å². The van der Waals surface area contributed by atoms with Crippen LogP contribution in [0.25, 0.3) is 21.4 Å². The minimum Gasteiger partial charge on any atom is -0.481 e. The van der Waals surface area contributed by atoms with Crippen LogP contribution in [0.1, 0.15) is 26.5 Å². The Morgan fingerprint density at radius 2 is 2.04 bits per heavy atom. The average Bonchev–Trinajstić information content (AvgIpc) is 3.32. The van der Waals surface area contributed by atoms with Gasteiger partial charge in [0.2, 0.25) is 11.7 Å². The lowest BCUT2D eigenvalue weighted by Crippen LogP contribution is -2.07. The number of carboxylic acids is 1. The summed E-state index contributed by atoms with van der Waals surface area (Å²) < 4.78 is 10.6. The van der Waals surface area contributed by atoms with E-state index in [1.54, 1.807) is 35.8 Å². The lowest BCUT2D eigenvalue weighted by molar-refractivity contribution is 0.0697. The molecule has 0 aliphatic heterocycles. The van der Waals surface area contributed by atoms with Gasteiger partial charge in [0.25, 0.3) is 0 Å². The number of ketones is 1. The van der Waals surface area contributed by atoms with E-state index in [0.29, 0.717) is 27.5 Å². The molecule has 0 aliphatic rings. The van der Waals surface area contributed by atoms with Gasteiger partial charge in [-0.2, -0.15) is 0 Å². The molecule has 0 radical (unpaired) electrons. The van der Waals surface area contributed by atoms with Crippen LogP contribution in [0.4, 0.5) is 0 Å². The highest BCUT2D eigenvalue weighted by Gasteiger charge is 2.23. The topological polar surface area (TPSA) is 89.6 Å². The summed E-state index contributed by atoms with van der Waals surface area (Å²) in [4.78, 5) is 29.2. The summed E-state index contributed by atoms with van der Waals surface area (Å²) in [6.07, 6.45) is 1.50. The maximum absolute atomic E-state index is 12.7. The zero-order valence-corrected chi connectivity index (χ0v) is 15.7. The molecule has 0 atom stereocenters. The largest absolute Gasteiger partial charge is 0.481 e. The molecule has 0 spiro atoms. The number of thiophene rings is 1. The summed E-state index contributed by atoms with van der Waals surface area (Å²) in [7, 11) is 1.51. The zero-order chi connectivity index (χ0) is 19.7. The lowest BCUT2D eigenvalue weighted by Gasteiger charge is -2.04. The van der Waals surface area contributed by atoms with E-state index < -0.39 is 5.97 Å². The number of methoxy groups -OCH3 is 1. The fraction of sp³-hybridized carbons (Fsp3) is 0.0952. The molecule has 140 valence electrons. The Morgan fingerprint density at radius 1 is 1.21 bits per heavy atom. The molecule has 3 heterocycles. The number of ether oxygens (including phenoxy) is 1. The Bertz CT molecular complexity index is 1140. The van der Waals surface area contributed by atoms with Crippen molar-refractivity contribution in [3.05, 3.63) is 70.9 Å². The fourth-order valence-corrected chi connectivity index (χ4v) is 4.04. The standard InChI is InChI=1S/C21H15NO5S/c1-26-18-7-6-13(10-22-18)20-19(21(24)25)14(11-28-20)8-15(23)17-9-12-4-2-3-5-16(12)27-17/h2-7,9-11H,8H2,1H3,(H,24,25). The van der Waals surface area contributed by atoms with Gasteiger partial charge in [-0.25, -0.2) is 9.78 Å². The van der Waals surface area contributed by atoms with E-state index >= 15 is 0 Å². The molecule has 0 aliphatic carbocycles. The molecule has 0 bridgehead atoms. The number of hydrogen-bond acceptors (Lipinski definition) is 6. The van der Waals surface area contributed by atoms with E-state index in [-0.39, 0.29) is 23.5 Å². The first kappa shape index (κ1) is 17.9. The van der Waals surface area contributed by atoms with E-state index in [0.717, 1.165) is 5.39 Å². The van der Waals surface area contributed by atoms with Crippen molar-refractivity contribution < 1.29 is 23.8 Å². The molecule has 1 N–H and O–H groups in total. The molecule has 28 heavy (non-hydrogen) atoms. The third-order valence-electron chi connectivity index (χ3n) is 4.34. The van der Waals surface area contributed by atoms with Crippen molar-refractivity contribution in [3.63, 3.8) is 0 Å². The second kappa shape index (κ2) is 7.28. The number of nitrogens with zero attached hydrogens (tertiary/aromatic N) is 1. The van der Waals surface area contributed by atoms with Crippen molar-refractivity contribution >= 4 is 34.1 Å². The maximum atomic E-state index is 12.7. The smallest absolute Gasteiger partial charge is 0.337 e. The number of hydrogen-bond donors (Lipinski definition) is 1. The highest BCUT2D eigenvalue weighted by atomic mass is 32.1. The number of rotatable bonds is 6. The van der Waals surface area contributed by atoms with Crippen LogP contribution in [0.2, 0.25) is 0 Å². The van der Waals surface area contributed by atoms with Crippen LogP contribution in [0, 0.1) is 0 Å². The monoisotopic (exact) mass is 393 g/mol. The molecule has 1 aromatic carbocycles. The zero-order valence-electron chi connectivity index (χ0n) is 14.8. The van der Waals surface area contributed by atoms with Gasteiger partial charge in [-0.1, -0.05) is 18.2 Å². The van der Waals surface area contributed by atoms with Gasteiger partial charge in [0.1, 0.15) is 5.58 Å². The molecule has 7 heteroatoms. The number of aromatic carboxylic acids is 1. The first-order valence-corrected chi connectivity index (χ1v) is 9.30. The number of Topliss-reactive ketones (excluding diaryl/α,β-unsaturated/α-hetero) is 1. The lowest BCUT2D eigenvalue weighted by atomic mass is 10.0. The summed E-state index contributed by atoms with van der Waals surface area (Å²) in [6.45, 7) is 0. The second-order valence-corrected chi connectivity index (χ2v) is 6.99. The van der Waals surface area contributed by atoms with Crippen LogP contribution in [0.3, 0.4) is 0 Å². The van der Waals surface area contributed by atoms with E-state index in [2.05, 4.69) is 4.98 Å². The minimum absolute atomic E-state index is 0.0540. The van der Waals surface area contributed by atoms with Crippen molar-refractivity contribution in [1.29, 1.82) is 0 Å². The van der Waals surface area contributed by atoms with Gasteiger partial charge >= 0.3 is 5.97 Å². The number of para-hydroxylation sites is 1. The van der Waals surface area contributed by atoms with Gasteiger partial charge < -0.3 is 14.3 Å². The summed E-state index contributed by atoms with van der Waals surface area (Å²) in [6, 6.07) is 12.4. The van der Waals surface area contributed by atoms with Crippen LogP contribution in [0.15, 0.2) is 58.5 Å². The fourth-order valence-electron chi connectivity index (χ4n) is 2.99. The van der Waals surface area contributed by atoms with Gasteiger partial charge in [0, 0.05) is 29.6 Å². The van der Waals surface area contributed by atoms with E-state index in [1.807, 2.05) is 18.2 Å². The van der Waals surface area contributed by atoms with Crippen molar-refractivity contribution in [3.8, 4) is 16.3 Å². The predicted molar refractivity (Wildman–Crippen MR) is 105 cm³/mol. The molecule has 4 aromatic rings. The number of carbonyl (C=O) groups excluding carboxylic acids is 1. The molecule has 0 unspecified atom stereocenters. The van der Waals surface area contributed by atoms with Crippen LogP contribution >= 0.6 is 11.3 Å². The molecular weight excluding hydrogens is 378 g/mol. The molecular formula is C21H15NO5S. The first-order chi connectivity index (χ1) is 13.6. The number of fused-ring (bicyclic) bond motifs is 1. The number of benzene rings is 1. The summed E-state index contributed by atoms with van der Waals surface area (Å²) in [5.41, 5.74) is 1.85. The summed E-state index contributed by atoms with van der Waals surface area (Å²) in [5, 5.41) is 12.3. The number of pyridine rings is 1. The van der Waals surface area contributed by atoms with Gasteiger partial charge in [-0.15, -0.1) is 11.3 Å². The van der Waals surface area contributed by atoms with Crippen molar-refractivity contribution in [2.75, 3.05) is 7.11 Å². The van der Waals surface area contributed by atoms with Crippen molar-refractivity contribution in [2.45, 2.75) is 6.42 Å². The van der Waals surface area contributed by atoms with Gasteiger partial charge in [-0.3, -0.25) is 4.79 Å². The van der Waals surface area contributed by atoms with Crippen LogP contribution in [-0.4, -0.2) is 29.0 Å². The van der Waals surface area contributed by atoms with Crippen LogP contribution < -0.4 is 4.74 Å². The highest BCUT2D eigenvalue weighted by Crippen LogP contribution is 2.34. The molecule has 0 saturated carbocycles. The van der Waals surface area contributed by atoms with Gasteiger partial charge in [0.15, 0.2) is 5.76 Å². The van der Waals surface area contributed by atoms with Gasteiger partial charge in [0.05, 0.1) is 17.6 Å². The molecule has 0 saturated heterocycles. The first-order valence-electron chi connectivity index (χ1n) is 8.42. The SMILES string of the molecule is COc1ccc(-c2scc(CC(=O)c3cc4ccccc4o3)c2C(=O)O)cn1. The third kappa shape index (κ3) is 3.27. The number of furan rings is 1. The highest BCUT2D eigenvalue weighted by molar-refractivity contribution is 7.14. The average molecular weight is 393 g/mol. The predicted octanol–water partition coefficient (Wildman–Crippen LogP) is 4.69. The third-order valence-corrected chi connectivity index (χ3v) is 5.42. The van der Waals surface area contributed by atoms with Crippen LogP contribution in [0.5, 0.6) is 5.88 Å². The summed E-state index contributed by atoms with van der Waals surface area (Å²) in [5.74, 6) is -0.691. The van der Waals surface area contributed by atoms with Crippen molar-refractivity contribution in [1.82, 2.24) is 4.98 Å². The molecule has 0 fully saturated rings. The Morgan fingerprint density at radius 3 is 2.71 bits per heavy atom. The number of carbonyl (C=O) groups is 2.